The van der Waals surface area contributed by atoms with Crippen LogP contribution in [0.1, 0.15) is 26.7 Å². The number of ketones is 1. The molecule has 0 saturated carbocycles. The highest BCUT2D eigenvalue weighted by Crippen LogP contribution is 2.10. The second kappa shape index (κ2) is 3.15. The van der Waals surface area contributed by atoms with Gasteiger partial charge in [0, 0.05) is 19.0 Å². The average Bonchev–Trinajstić information content (AvgIpc) is 2.34. The van der Waals surface area contributed by atoms with Crippen molar-refractivity contribution in [2.45, 2.75) is 32.7 Å². The highest BCUT2D eigenvalue weighted by Gasteiger charge is 2.22. The molecule has 1 fully saturated rings. The maximum atomic E-state index is 10.8. The van der Waals surface area contributed by atoms with Crippen molar-refractivity contribution in [1.82, 2.24) is 4.90 Å². The van der Waals surface area contributed by atoms with Crippen LogP contribution >= 0.6 is 0 Å². The summed E-state index contributed by atoms with van der Waals surface area (Å²) >= 11 is 0. The highest BCUT2D eigenvalue weighted by atomic mass is 16.1. The lowest BCUT2D eigenvalue weighted by Crippen LogP contribution is -2.30. The Morgan fingerprint density at radius 3 is 2.80 bits per heavy atom. The van der Waals surface area contributed by atoms with Crippen LogP contribution in [-0.4, -0.2) is 29.8 Å². The third-order valence-electron chi connectivity index (χ3n) is 2.27. The van der Waals surface area contributed by atoms with E-state index in [9.17, 15) is 4.79 Å². The number of hydrogen-bond acceptors (Lipinski definition) is 2. The molecule has 0 aromatic carbocycles. The smallest absolute Gasteiger partial charge is 0.148 e. The Morgan fingerprint density at radius 2 is 2.40 bits per heavy atom. The lowest BCUT2D eigenvalue weighted by atomic mass is 10.2. The zero-order valence-electron chi connectivity index (χ0n) is 6.76. The van der Waals surface area contributed by atoms with Crippen molar-refractivity contribution in [3.8, 4) is 0 Å². The lowest BCUT2D eigenvalue weighted by Gasteiger charge is -2.20. The molecule has 2 nitrogen and oxygen atoms in total. The number of Topliss-reactive ketones (excluding diaryl/α,β-unsaturated/α-hetero) is 1. The van der Waals surface area contributed by atoms with Crippen molar-refractivity contribution in [2.24, 2.45) is 0 Å². The van der Waals surface area contributed by atoms with Gasteiger partial charge in [-0.05, 0) is 13.3 Å². The Hall–Kier alpha value is -0.370. The minimum Gasteiger partial charge on any atom is -0.298 e. The summed E-state index contributed by atoms with van der Waals surface area (Å²) in [6, 6.07) is 0.589. The van der Waals surface area contributed by atoms with Crippen molar-refractivity contribution in [3.63, 3.8) is 0 Å². The normalized spacial score (nSPS) is 23.6. The first-order valence-corrected chi connectivity index (χ1v) is 3.99. The Labute approximate surface area is 62.2 Å². The quantitative estimate of drug-likeness (QED) is 0.573. The van der Waals surface area contributed by atoms with E-state index in [2.05, 4.69) is 18.7 Å². The summed E-state index contributed by atoms with van der Waals surface area (Å²) in [6.45, 7) is 6.01. The van der Waals surface area contributed by atoms with Crippen molar-refractivity contribution in [1.29, 1.82) is 0 Å². The van der Waals surface area contributed by atoms with Gasteiger partial charge in [0.15, 0.2) is 0 Å². The van der Waals surface area contributed by atoms with Crippen LogP contribution in [0, 0.1) is 0 Å². The van der Waals surface area contributed by atoms with Crippen LogP contribution < -0.4 is 0 Å². The van der Waals surface area contributed by atoms with Gasteiger partial charge in [-0.1, -0.05) is 6.92 Å². The summed E-state index contributed by atoms with van der Waals surface area (Å²) in [5, 5.41) is 0. The van der Waals surface area contributed by atoms with Crippen molar-refractivity contribution in [2.75, 3.05) is 13.1 Å². The number of nitrogens with zero attached hydrogens (tertiary/aromatic N) is 1. The van der Waals surface area contributed by atoms with Crippen LogP contribution in [0.15, 0.2) is 0 Å². The standard InChI is InChI=1S/C8H15NO/c1-3-7(2)9-5-4-8(10)6-9/h7H,3-6H2,1-2H3. The average molecular weight is 141 g/mol. The van der Waals surface area contributed by atoms with E-state index in [1.54, 1.807) is 0 Å². The molecular weight excluding hydrogens is 126 g/mol. The third kappa shape index (κ3) is 1.57. The fraction of sp³-hybridized carbons (Fsp3) is 0.875. The molecule has 0 aromatic rings. The number of carbonyl (C=O) groups excluding carboxylic acids is 1. The van der Waals surface area contributed by atoms with E-state index in [1.165, 1.54) is 0 Å². The van der Waals surface area contributed by atoms with E-state index in [0.29, 0.717) is 18.4 Å². The van der Waals surface area contributed by atoms with Crippen molar-refractivity contribution < 1.29 is 4.79 Å². The van der Waals surface area contributed by atoms with Crippen LogP contribution in [0.2, 0.25) is 0 Å². The molecule has 1 rings (SSSR count). The van der Waals surface area contributed by atoms with E-state index in [-0.39, 0.29) is 0 Å². The van der Waals surface area contributed by atoms with Gasteiger partial charge in [0.2, 0.25) is 0 Å². The first-order valence-electron chi connectivity index (χ1n) is 3.99. The fourth-order valence-electron chi connectivity index (χ4n) is 1.29. The van der Waals surface area contributed by atoms with Crippen LogP contribution in [0.5, 0.6) is 0 Å². The largest absolute Gasteiger partial charge is 0.298 e. The summed E-state index contributed by atoms with van der Waals surface area (Å²) in [4.78, 5) is 13.1. The second-order valence-corrected chi connectivity index (χ2v) is 3.02. The van der Waals surface area contributed by atoms with E-state index in [1.807, 2.05) is 0 Å². The molecule has 1 aliphatic rings. The predicted octanol–water partition coefficient (Wildman–Crippen LogP) is 1.06. The van der Waals surface area contributed by atoms with Crippen molar-refractivity contribution >= 4 is 5.78 Å². The summed E-state index contributed by atoms with van der Waals surface area (Å²) in [5.41, 5.74) is 0. The SMILES string of the molecule is CCC(C)N1CCC(=O)C1. The highest BCUT2D eigenvalue weighted by molar-refractivity contribution is 5.82. The number of hydrogen-bond donors (Lipinski definition) is 0. The van der Waals surface area contributed by atoms with E-state index in [0.717, 1.165) is 19.4 Å². The van der Waals surface area contributed by atoms with Gasteiger partial charge < -0.3 is 0 Å². The first kappa shape index (κ1) is 7.73. The molecule has 1 unspecified atom stereocenters. The summed E-state index contributed by atoms with van der Waals surface area (Å²) in [5.74, 6) is 0.403. The zero-order chi connectivity index (χ0) is 7.56. The van der Waals surface area contributed by atoms with Crippen LogP contribution in [0.25, 0.3) is 0 Å². The molecule has 0 aliphatic carbocycles. The summed E-state index contributed by atoms with van der Waals surface area (Å²) in [7, 11) is 0. The molecule has 1 saturated heterocycles. The Morgan fingerprint density at radius 1 is 1.70 bits per heavy atom. The third-order valence-corrected chi connectivity index (χ3v) is 2.27. The summed E-state index contributed by atoms with van der Waals surface area (Å²) in [6.07, 6.45) is 1.91. The van der Waals surface area contributed by atoms with Gasteiger partial charge in [-0.3, -0.25) is 9.69 Å². The Balaban J connectivity index is 2.36. The predicted molar refractivity (Wildman–Crippen MR) is 41.0 cm³/mol. The van der Waals surface area contributed by atoms with Gasteiger partial charge in [-0.15, -0.1) is 0 Å². The van der Waals surface area contributed by atoms with E-state index < -0.39 is 0 Å². The molecule has 1 aliphatic heterocycles. The molecule has 0 spiro atoms. The number of rotatable bonds is 2. The molecular formula is C8H15NO. The minimum absolute atomic E-state index is 0.403. The second-order valence-electron chi connectivity index (χ2n) is 3.02. The Bertz CT molecular complexity index is 133. The molecule has 0 amide bonds. The number of likely N-dealkylation sites (tertiary alicyclic amines) is 1. The van der Waals surface area contributed by atoms with Crippen LogP contribution in [-0.2, 0) is 4.79 Å². The van der Waals surface area contributed by atoms with Gasteiger partial charge in [-0.25, -0.2) is 0 Å². The molecule has 0 bridgehead atoms. The maximum Gasteiger partial charge on any atom is 0.148 e. The molecule has 1 heterocycles. The molecule has 0 aromatic heterocycles. The summed E-state index contributed by atoms with van der Waals surface area (Å²) < 4.78 is 0. The fourth-order valence-corrected chi connectivity index (χ4v) is 1.29. The van der Waals surface area contributed by atoms with Crippen LogP contribution in [0.3, 0.4) is 0 Å². The number of carbonyl (C=O) groups is 1. The van der Waals surface area contributed by atoms with Crippen LogP contribution in [0.4, 0.5) is 0 Å². The van der Waals surface area contributed by atoms with E-state index in [4.69, 9.17) is 0 Å². The molecule has 58 valence electrons. The zero-order valence-corrected chi connectivity index (χ0v) is 6.76. The topological polar surface area (TPSA) is 20.3 Å². The van der Waals surface area contributed by atoms with Crippen molar-refractivity contribution in [3.05, 3.63) is 0 Å². The molecule has 10 heavy (non-hydrogen) atoms. The maximum absolute atomic E-state index is 10.8. The minimum atomic E-state index is 0.403. The van der Waals surface area contributed by atoms with Gasteiger partial charge >= 0.3 is 0 Å². The molecule has 0 N–H and O–H groups in total. The molecule has 2 heteroatoms. The lowest BCUT2D eigenvalue weighted by molar-refractivity contribution is -0.117. The monoisotopic (exact) mass is 141 g/mol. The van der Waals surface area contributed by atoms with E-state index >= 15 is 0 Å². The van der Waals surface area contributed by atoms with Gasteiger partial charge in [0.05, 0.1) is 6.54 Å². The Kier molecular flexibility index (Phi) is 2.44. The molecule has 0 radical (unpaired) electrons. The molecule has 1 atom stereocenters. The first-order chi connectivity index (χ1) is 4.74. The van der Waals surface area contributed by atoms with Gasteiger partial charge in [0.1, 0.15) is 5.78 Å². The van der Waals surface area contributed by atoms with Gasteiger partial charge in [0.25, 0.3) is 0 Å². The van der Waals surface area contributed by atoms with Gasteiger partial charge in [-0.2, -0.15) is 0 Å².